The van der Waals surface area contributed by atoms with Gasteiger partial charge in [0.05, 0.1) is 0 Å². The third kappa shape index (κ3) is 1.92. The van der Waals surface area contributed by atoms with Crippen LogP contribution in [0.4, 0.5) is 0 Å². The fourth-order valence-electron chi connectivity index (χ4n) is 0.379. The van der Waals surface area contributed by atoms with Crippen LogP contribution in [0.3, 0.4) is 0 Å². The third-order valence-electron chi connectivity index (χ3n) is 1.74. The predicted molar refractivity (Wildman–Crippen MR) is 36.6 cm³/mol. The molecule has 0 aliphatic rings. The molecule has 48 valence electrons. The molecule has 0 aromatic rings. The minimum absolute atomic E-state index is 0.0417. The van der Waals surface area contributed by atoms with Crippen molar-refractivity contribution in [2.45, 2.75) is 38.8 Å². The summed E-state index contributed by atoms with van der Waals surface area (Å²) in [6.07, 6.45) is 1.99. The SMILES string of the molecule is CCC(C)(CC)P=O. The van der Waals surface area contributed by atoms with Crippen LogP contribution in [0.5, 0.6) is 0 Å². The first kappa shape index (κ1) is 8.10. The molecule has 0 amide bonds. The van der Waals surface area contributed by atoms with Gasteiger partial charge in [0.25, 0.3) is 0 Å². The van der Waals surface area contributed by atoms with Crippen molar-refractivity contribution >= 4 is 8.46 Å². The van der Waals surface area contributed by atoms with E-state index in [-0.39, 0.29) is 13.6 Å². The van der Waals surface area contributed by atoms with Crippen LogP contribution in [0.25, 0.3) is 0 Å². The summed E-state index contributed by atoms with van der Waals surface area (Å²) in [6.45, 7) is 6.16. The molecule has 0 fully saturated rings. The molecule has 0 N–H and O–H groups in total. The lowest BCUT2D eigenvalue weighted by atomic mass is 10.1. The lowest BCUT2D eigenvalue weighted by Gasteiger charge is -2.15. The second kappa shape index (κ2) is 3.19. The second-order valence-corrected chi connectivity index (χ2v) is 3.56. The lowest BCUT2D eigenvalue weighted by Crippen LogP contribution is -2.11. The summed E-state index contributed by atoms with van der Waals surface area (Å²) in [5, 5.41) is 0.0417. The molecule has 0 saturated heterocycles. The molecular weight excluding hydrogens is 119 g/mol. The van der Waals surface area contributed by atoms with Crippen molar-refractivity contribution in [3.05, 3.63) is 0 Å². The number of rotatable bonds is 3. The van der Waals surface area contributed by atoms with Gasteiger partial charge in [-0.3, -0.25) is 4.57 Å². The molecule has 0 rings (SSSR count). The first-order valence-corrected chi connectivity index (χ1v) is 3.84. The van der Waals surface area contributed by atoms with Crippen molar-refractivity contribution in [3.8, 4) is 0 Å². The van der Waals surface area contributed by atoms with Gasteiger partial charge in [0.15, 0.2) is 8.46 Å². The second-order valence-electron chi connectivity index (χ2n) is 2.30. The fourth-order valence-corrected chi connectivity index (χ4v) is 0.637. The Morgan fingerprint density at radius 3 is 1.75 bits per heavy atom. The number of hydrogen-bond donors (Lipinski definition) is 0. The van der Waals surface area contributed by atoms with Gasteiger partial charge in [-0.2, -0.15) is 0 Å². The standard InChI is InChI=1S/C6H13OP/c1-4-6(3,5-2)8-7/h4-5H2,1-3H3. The summed E-state index contributed by atoms with van der Waals surface area (Å²) in [5.41, 5.74) is 0. The molecule has 1 nitrogen and oxygen atoms in total. The minimum Gasteiger partial charge on any atom is -0.274 e. The van der Waals surface area contributed by atoms with Gasteiger partial charge < -0.3 is 0 Å². The van der Waals surface area contributed by atoms with Crippen molar-refractivity contribution < 1.29 is 4.57 Å². The maximum Gasteiger partial charge on any atom is 0.161 e. The van der Waals surface area contributed by atoms with E-state index in [0.717, 1.165) is 12.8 Å². The van der Waals surface area contributed by atoms with E-state index in [4.69, 9.17) is 0 Å². The van der Waals surface area contributed by atoms with Crippen molar-refractivity contribution in [2.24, 2.45) is 0 Å². The average Bonchev–Trinajstić information content (AvgIpc) is 1.87. The molecule has 0 saturated carbocycles. The van der Waals surface area contributed by atoms with Crippen molar-refractivity contribution in [3.63, 3.8) is 0 Å². The molecule has 0 heterocycles. The van der Waals surface area contributed by atoms with Gasteiger partial charge in [0.1, 0.15) is 0 Å². The van der Waals surface area contributed by atoms with E-state index in [0.29, 0.717) is 0 Å². The smallest absolute Gasteiger partial charge is 0.161 e. The van der Waals surface area contributed by atoms with Crippen LogP contribution >= 0.6 is 8.46 Å². The van der Waals surface area contributed by atoms with Gasteiger partial charge in [-0.1, -0.05) is 13.8 Å². The van der Waals surface area contributed by atoms with Crippen LogP contribution < -0.4 is 0 Å². The maximum absolute atomic E-state index is 10.4. The zero-order valence-corrected chi connectivity index (χ0v) is 6.66. The van der Waals surface area contributed by atoms with Gasteiger partial charge >= 0.3 is 0 Å². The van der Waals surface area contributed by atoms with E-state index in [2.05, 4.69) is 13.8 Å². The van der Waals surface area contributed by atoms with E-state index >= 15 is 0 Å². The maximum atomic E-state index is 10.4. The summed E-state index contributed by atoms with van der Waals surface area (Å²) in [7, 11) is 0.287. The molecule has 0 bridgehead atoms. The van der Waals surface area contributed by atoms with Crippen LogP contribution in [0.15, 0.2) is 0 Å². The van der Waals surface area contributed by atoms with E-state index in [1.807, 2.05) is 6.92 Å². The van der Waals surface area contributed by atoms with Gasteiger partial charge in [-0.25, -0.2) is 0 Å². The van der Waals surface area contributed by atoms with Crippen molar-refractivity contribution in [1.29, 1.82) is 0 Å². The Hall–Kier alpha value is 0.100. The molecule has 0 radical (unpaired) electrons. The first-order chi connectivity index (χ1) is 3.68. The van der Waals surface area contributed by atoms with E-state index in [9.17, 15) is 4.57 Å². The van der Waals surface area contributed by atoms with Crippen LogP contribution in [-0.2, 0) is 4.57 Å². The summed E-state index contributed by atoms with van der Waals surface area (Å²) in [6, 6.07) is 0. The normalized spacial score (nSPS) is 12.4. The first-order valence-electron chi connectivity index (χ1n) is 3.03. The fraction of sp³-hybridized carbons (Fsp3) is 1.00. The average molecular weight is 132 g/mol. The van der Waals surface area contributed by atoms with Gasteiger partial charge in [0.2, 0.25) is 0 Å². The molecule has 0 unspecified atom stereocenters. The monoisotopic (exact) mass is 132 g/mol. The Balaban J connectivity index is 3.76. The predicted octanol–water partition coefficient (Wildman–Crippen LogP) is 2.86. The van der Waals surface area contributed by atoms with Crippen molar-refractivity contribution in [1.82, 2.24) is 0 Å². The lowest BCUT2D eigenvalue weighted by molar-refractivity contribution is 0.534. The molecule has 2 heteroatoms. The molecule has 0 aromatic carbocycles. The van der Waals surface area contributed by atoms with Crippen LogP contribution in [-0.4, -0.2) is 5.16 Å². The summed E-state index contributed by atoms with van der Waals surface area (Å²) in [4.78, 5) is 0. The molecular formula is C6H13OP. The highest BCUT2D eigenvalue weighted by molar-refractivity contribution is 7.25. The Morgan fingerprint density at radius 2 is 1.75 bits per heavy atom. The summed E-state index contributed by atoms with van der Waals surface area (Å²) in [5.74, 6) is 0. The van der Waals surface area contributed by atoms with Gasteiger partial charge in [0, 0.05) is 5.16 Å². The Kier molecular flexibility index (Phi) is 3.23. The molecule has 0 aliphatic carbocycles. The van der Waals surface area contributed by atoms with Crippen LogP contribution in [0.2, 0.25) is 0 Å². The molecule has 0 aliphatic heterocycles. The Bertz CT molecular complexity index is 76.6. The minimum atomic E-state index is 0.0417. The summed E-state index contributed by atoms with van der Waals surface area (Å²) >= 11 is 0. The van der Waals surface area contributed by atoms with Crippen molar-refractivity contribution in [2.75, 3.05) is 0 Å². The zero-order chi connectivity index (χ0) is 6.62. The highest BCUT2D eigenvalue weighted by atomic mass is 31.1. The highest BCUT2D eigenvalue weighted by Crippen LogP contribution is 2.29. The van der Waals surface area contributed by atoms with E-state index in [1.54, 1.807) is 0 Å². The Morgan fingerprint density at radius 1 is 1.38 bits per heavy atom. The molecule has 0 spiro atoms. The molecule has 8 heavy (non-hydrogen) atoms. The zero-order valence-electron chi connectivity index (χ0n) is 5.77. The summed E-state index contributed by atoms with van der Waals surface area (Å²) < 4.78 is 10.4. The van der Waals surface area contributed by atoms with Crippen LogP contribution in [0, 0.1) is 0 Å². The number of hydrogen-bond acceptors (Lipinski definition) is 1. The van der Waals surface area contributed by atoms with Gasteiger partial charge in [-0.05, 0) is 19.8 Å². The topological polar surface area (TPSA) is 17.1 Å². The van der Waals surface area contributed by atoms with Crippen LogP contribution in [0.1, 0.15) is 33.6 Å². The van der Waals surface area contributed by atoms with E-state index < -0.39 is 0 Å². The van der Waals surface area contributed by atoms with Gasteiger partial charge in [-0.15, -0.1) is 0 Å². The third-order valence-corrected chi connectivity index (χ3v) is 2.82. The quantitative estimate of drug-likeness (QED) is 0.539. The van der Waals surface area contributed by atoms with E-state index in [1.165, 1.54) is 0 Å². The largest absolute Gasteiger partial charge is 0.274 e. The molecule has 0 aromatic heterocycles. The highest BCUT2D eigenvalue weighted by Gasteiger charge is 2.18. The Labute approximate surface area is 52.7 Å². The molecule has 0 atom stereocenters.